The van der Waals surface area contributed by atoms with E-state index in [1.807, 2.05) is 84.9 Å². The number of carbonyl (C=O) groups excluding carboxylic acids is 1. The van der Waals surface area contributed by atoms with Crippen molar-refractivity contribution in [2.24, 2.45) is 0 Å². The van der Waals surface area contributed by atoms with E-state index in [1.54, 1.807) is 11.8 Å². The normalized spacial score (nSPS) is 14.4. The molecule has 33 heavy (non-hydrogen) atoms. The number of benzene rings is 3. The minimum atomic E-state index is -0.539. The fourth-order valence-electron chi connectivity index (χ4n) is 3.62. The lowest BCUT2D eigenvalue weighted by Gasteiger charge is -2.40. The summed E-state index contributed by atoms with van der Waals surface area (Å²) in [6.45, 7) is 2.84. The van der Waals surface area contributed by atoms with Gasteiger partial charge >= 0.3 is 0 Å². The van der Waals surface area contributed by atoms with Crippen LogP contribution in [0, 0.1) is 0 Å². The summed E-state index contributed by atoms with van der Waals surface area (Å²) < 4.78 is 17.1. The molecule has 1 unspecified atom stereocenters. The van der Waals surface area contributed by atoms with Crippen molar-refractivity contribution < 1.29 is 18.8 Å². The SMILES string of the molecule is CC(Oc1ccccc1)C(=O)N1CC(Oc2ccc(-c3noc(-c4ccccc4)n3)cc2)C1. The zero-order valence-corrected chi connectivity index (χ0v) is 18.1. The van der Waals surface area contributed by atoms with Crippen LogP contribution >= 0.6 is 0 Å². The number of para-hydroxylation sites is 1. The van der Waals surface area contributed by atoms with E-state index in [4.69, 9.17) is 14.0 Å². The predicted octanol–water partition coefficient (Wildman–Crippen LogP) is 4.46. The molecule has 0 N–H and O–H groups in total. The zero-order chi connectivity index (χ0) is 22.6. The molecule has 0 saturated carbocycles. The molecule has 166 valence electrons. The van der Waals surface area contributed by atoms with E-state index in [1.165, 1.54) is 0 Å². The fourth-order valence-corrected chi connectivity index (χ4v) is 3.62. The fraction of sp³-hybridized carbons (Fsp3) is 0.192. The molecular formula is C26H23N3O4. The van der Waals surface area contributed by atoms with E-state index >= 15 is 0 Å². The van der Waals surface area contributed by atoms with Gasteiger partial charge in [-0.2, -0.15) is 4.98 Å². The monoisotopic (exact) mass is 441 g/mol. The lowest BCUT2D eigenvalue weighted by Crippen LogP contribution is -2.58. The summed E-state index contributed by atoms with van der Waals surface area (Å²) in [5.41, 5.74) is 1.72. The molecule has 0 spiro atoms. The van der Waals surface area contributed by atoms with E-state index < -0.39 is 6.10 Å². The molecule has 1 aliphatic rings. The third-order valence-corrected chi connectivity index (χ3v) is 5.43. The van der Waals surface area contributed by atoms with E-state index in [-0.39, 0.29) is 12.0 Å². The van der Waals surface area contributed by atoms with Gasteiger partial charge in [-0.05, 0) is 55.5 Å². The summed E-state index contributed by atoms with van der Waals surface area (Å²) in [6.07, 6.45) is -0.582. The third kappa shape index (κ3) is 4.72. The van der Waals surface area contributed by atoms with Gasteiger partial charge in [0, 0.05) is 11.1 Å². The lowest BCUT2D eigenvalue weighted by atomic mass is 10.1. The van der Waals surface area contributed by atoms with Gasteiger partial charge < -0.3 is 18.9 Å². The summed E-state index contributed by atoms with van der Waals surface area (Å²) in [7, 11) is 0. The number of aromatic nitrogens is 2. The second-order valence-electron chi connectivity index (χ2n) is 7.87. The predicted molar refractivity (Wildman–Crippen MR) is 123 cm³/mol. The summed E-state index contributed by atoms with van der Waals surface area (Å²) >= 11 is 0. The number of amides is 1. The first-order valence-corrected chi connectivity index (χ1v) is 10.8. The number of likely N-dealkylation sites (tertiary alicyclic amines) is 1. The Kier molecular flexibility index (Phi) is 5.76. The van der Waals surface area contributed by atoms with Crippen molar-refractivity contribution in [2.75, 3.05) is 13.1 Å². The van der Waals surface area contributed by atoms with Gasteiger partial charge in [0.2, 0.25) is 5.82 Å². The molecule has 7 nitrogen and oxygen atoms in total. The molecule has 5 rings (SSSR count). The molecular weight excluding hydrogens is 418 g/mol. The van der Waals surface area contributed by atoms with Gasteiger partial charge in [0.05, 0.1) is 13.1 Å². The average molecular weight is 441 g/mol. The van der Waals surface area contributed by atoms with Crippen LogP contribution in [-0.2, 0) is 4.79 Å². The molecule has 0 radical (unpaired) electrons. The Balaban J connectivity index is 1.13. The molecule has 0 bridgehead atoms. The largest absolute Gasteiger partial charge is 0.487 e. The summed E-state index contributed by atoms with van der Waals surface area (Å²) in [5, 5.41) is 4.07. The molecule has 1 fully saturated rings. The number of ether oxygens (including phenoxy) is 2. The van der Waals surface area contributed by atoms with Crippen LogP contribution < -0.4 is 9.47 Å². The van der Waals surface area contributed by atoms with Gasteiger partial charge in [-0.15, -0.1) is 0 Å². The maximum absolute atomic E-state index is 12.6. The van der Waals surface area contributed by atoms with Crippen LogP contribution in [0.5, 0.6) is 11.5 Å². The minimum Gasteiger partial charge on any atom is -0.487 e. The second kappa shape index (κ2) is 9.16. The van der Waals surface area contributed by atoms with E-state index in [0.29, 0.717) is 30.6 Å². The zero-order valence-electron chi connectivity index (χ0n) is 18.1. The van der Waals surface area contributed by atoms with Crippen molar-refractivity contribution in [3.05, 3.63) is 84.9 Å². The number of hydrogen-bond donors (Lipinski definition) is 0. The first-order chi connectivity index (χ1) is 16.2. The van der Waals surface area contributed by atoms with Crippen LogP contribution in [0.25, 0.3) is 22.8 Å². The van der Waals surface area contributed by atoms with Crippen LogP contribution in [0.2, 0.25) is 0 Å². The molecule has 1 amide bonds. The van der Waals surface area contributed by atoms with Crippen LogP contribution in [0.15, 0.2) is 89.5 Å². The number of carbonyl (C=O) groups is 1. The Morgan fingerprint density at radius 2 is 1.58 bits per heavy atom. The van der Waals surface area contributed by atoms with Gasteiger partial charge in [0.15, 0.2) is 6.10 Å². The highest BCUT2D eigenvalue weighted by molar-refractivity contribution is 5.81. The first kappa shape index (κ1) is 20.8. The highest BCUT2D eigenvalue weighted by Gasteiger charge is 2.35. The Morgan fingerprint density at radius 1 is 0.909 bits per heavy atom. The van der Waals surface area contributed by atoms with Crippen molar-refractivity contribution in [3.63, 3.8) is 0 Å². The van der Waals surface area contributed by atoms with Gasteiger partial charge in [-0.3, -0.25) is 4.79 Å². The summed E-state index contributed by atoms with van der Waals surface area (Å²) in [4.78, 5) is 18.8. The summed E-state index contributed by atoms with van der Waals surface area (Å²) in [6, 6.07) is 26.5. The molecule has 3 aromatic carbocycles. The van der Waals surface area contributed by atoms with Crippen molar-refractivity contribution >= 4 is 5.91 Å². The molecule has 1 aliphatic heterocycles. The summed E-state index contributed by atoms with van der Waals surface area (Å²) in [5.74, 6) is 2.38. The molecule has 1 saturated heterocycles. The van der Waals surface area contributed by atoms with Gasteiger partial charge in [0.1, 0.15) is 17.6 Å². The number of hydrogen-bond acceptors (Lipinski definition) is 6. The van der Waals surface area contributed by atoms with Crippen LogP contribution in [0.3, 0.4) is 0 Å². The molecule has 1 aromatic heterocycles. The lowest BCUT2D eigenvalue weighted by molar-refractivity contribution is -0.146. The van der Waals surface area contributed by atoms with Crippen molar-refractivity contribution in [3.8, 4) is 34.3 Å². The minimum absolute atomic E-state index is 0.0413. The van der Waals surface area contributed by atoms with Gasteiger partial charge in [0.25, 0.3) is 11.8 Å². The smallest absolute Gasteiger partial charge is 0.263 e. The first-order valence-electron chi connectivity index (χ1n) is 10.8. The van der Waals surface area contributed by atoms with Crippen LogP contribution in [-0.4, -0.2) is 46.2 Å². The topological polar surface area (TPSA) is 77.7 Å². The molecule has 7 heteroatoms. The molecule has 1 atom stereocenters. The number of rotatable bonds is 7. The molecule has 2 heterocycles. The van der Waals surface area contributed by atoms with Gasteiger partial charge in [-0.1, -0.05) is 41.6 Å². The molecule has 0 aliphatic carbocycles. The highest BCUT2D eigenvalue weighted by Crippen LogP contribution is 2.25. The Morgan fingerprint density at radius 3 is 2.27 bits per heavy atom. The van der Waals surface area contributed by atoms with E-state index in [0.717, 1.165) is 16.9 Å². The number of nitrogens with zero attached hydrogens (tertiary/aromatic N) is 3. The van der Waals surface area contributed by atoms with Crippen molar-refractivity contribution in [1.29, 1.82) is 0 Å². The van der Waals surface area contributed by atoms with Crippen LogP contribution in [0.1, 0.15) is 6.92 Å². The molecule has 4 aromatic rings. The van der Waals surface area contributed by atoms with Crippen LogP contribution in [0.4, 0.5) is 0 Å². The van der Waals surface area contributed by atoms with E-state index in [2.05, 4.69) is 10.1 Å². The maximum atomic E-state index is 12.6. The Hall–Kier alpha value is -4.13. The van der Waals surface area contributed by atoms with Crippen molar-refractivity contribution in [2.45, 2.75) is 19.1 Å². The quantitative estimate of drug-likeness (QED) is 0.421. The Labute approximate surface area is 191 Å². The second-order valence-corrected chi connectivity index (χ2v) is 7.87. The highest BCUT2D eigenvalue weighted by atomic mass is 16.5. The van der Waals surface area contributed by atoms with Crippen molar-refractivity contribution in [1.82, 2.24) is 15.0 Å². The third-order valence-electron chi connectivity index (χ3n) is 5.43. The standard InChI is InChI=1S/C26H23N3O4/c1-18(31-21-10-6-3-7-11-21)26(30)29-16-23(17-29)32-22-14-12-19(13-15-22)24-27-25(33-28-24)20-8-4-2-5-9-20/h2-15,18,23H,16-17H2,1H3. The van der Waals surface area contributed by atoms with Gasteiger partial charge in [-0.25, -0.2) is 0 Å². The van der Waals surface area contributed by atoms with E-state index in [9.17, 15) is 4.79 Å². The average Bonchev–Trinajstić information content (AvgIpc) is 3.33. The maximum Gasteiger partial charge on any atom is 0.263 e. The Bertz CT molecular complexity index is 1200.